The average molecular weight is 266 g/mol. The van der Waals surface area contributed by atoms with Gasteiger partial charge >= 0.3 is 0 Å². The monoisotopic (exact) mass is 265 g/mol. The Hall–Kier alpha value is -1.29. The second-order valence-corrected chi connectivity index (χ2v) is 5.42. The first kappa shape index (κ1) is 11.8. The summed E-state index contributed by atoms with van der Waals surface area (Å²) in [5.74, 6) is 1.74. The molecule has 0 radical (unpaired) electrons. The van der Waals surface area contributed by atoms with Crippen molar-refractivity contribution in [3.63, 3.8) is 0 Å². The molecule has 0 spiro atoms. The van der Waals surface area contributed by atoms with Gasteiger partial charge in [-0.3, -0.25) is 0 Å². The van der Waals surface area contributed by atoms with Crippen LogP contribution < -0.4 is 5.32 Å². The van der Waals surface area contributed by atoms with Crippen LogP contribution >= 0.6 is 11.6 Å². The number of hydrogen-bond acceptors (Lipinski definition) is 4. The van der Waals surface area contributed by atoms with Gasteiger partial charge in [0.1, 0.15) is 5.82 Å². The Kier molecular flexibility index (Phi) is 2.90. The third-order valence-corrected chi connectivity index (χ3v) is 3.90. The minimum absolute atomic E-state index is 0.274. The Morgan fingerprint density at radius 2 is 2.33 bits per heavy atom. The molecule has 3 aliphatic rings. The molecule has 3 saturated carbocycles. The second-order valence-electron chi connectivity index (χ2n) is 5.08. The molecule has 2 bridgehead atoms. The molecule has 5 heteroatoms. The molecule has 0 atom stereocenters. The van der Waals surface area contributed by atoms with E-state index in [-0.39, 0.29) is 10.8 Å². The van der Waals surface area contributed by atoms with Gasteiger partial charge in [0.25, 0.3) is 0 Å². The topological polar surface area (TPSA) is 47.0 Å². The van der Waals surface area contributed by atoms with E-state index in [2.05, 4.69) is 15.3 Å². The van der Waals surface area contributed by atoms with Crippen LogP contribution in [-0.4, -0.2) is 22.1 Å². The smallest absolute Gasteiger partial charge is 0.224 e. The Morgan fingerprint density at radius 3 is 2.94 bits per heavy atom. The number of rotatable bonds is 5. The number of nitrogens with one attached hydrogen (secondary N) is 1. The summed E-state index contributed by atoms with van der Waals surface area (Å²) in [6.45, 7) is 2.60. The maximum atomic E-state index is 5.86. The standard InChI is InChI=1S/C13H16ClN3O/c1-2-18-4-3-10-8-15-12(14)16-11(10)17-13-5-9(6-13)7-13/h3-4,8-9H,2,5-7H2,1H3,(H,15,16,17). The zero-order valence-corrected chi connectivity index (χ0v) is 11.1. The highest BCUT2D eigenvalue weighted by molar-refractivity contribution is 6.28. The largest absolute Gasteiger partial charge is 0.501 e. The molecule has 1 aromatic heterocycles. The fourth-order valence-corrected chi connectivity index (χ4v) is 2.83. The van der Waals surface area contributed by atoms with Crippen LogP contribution in [0, 0.1) is 5.92 Å². The highest BCUT2D eigenvalue weighted by Crippen LogP contribution is 2.58. The SMILES string of the molecule is CCOC=Cc1cnc(Cl)nc1NC12CC(C1)C2. The number of nitrogens with zero attached hydrogens (tertiary/aromatic N) is 2. The van der Waals surface area contributed by atoms with Crippen LogP contribution in [0.3, 0.4) is 0 Å². The summed E-state index contributed by atoms with van der Waals surface area (Å²) in [4.78, 5) is 8.29. The minimum atomic E-state index is 0.274. The molecule has 0 saturated heterocycles. The molecule has 4 rings (SSSR count). The van der Waals surface area contributed by atoms with Crippen LogP contribution in [-0.2, 0) is 4.74 Å². The molecule has 18 heavy (non-hydrogen) atoms. The van der Waals surface area contributed by atoms with Crippen LogP contribution in [0.15, 0.2) is 12.5 Å². The van der Waals surface area contributed by atoms with Crippen molar-refractivity contribution in [2.75, 3.05) is 11.9 Å². The van der Waals surface area contributed by atoms with Gasteiger partial charge in [0.2, 0.25) is 5.28 Å². The van der Waals surface area contributed by atoms with Crippen molar-refractivity contribution in [3.8, 4) is 0 Å². The van der Waals surface area contributed by atoms with Crippen molar-refractivity contribution in [2.24, 2.45) is 5.92 Å². The summed E-state index contributed by atoms with van der Waals surface area (Å²) in [5, 5.41) is 3.79. The molecule has 0 amide bonds. The highest BCUT2D eigenvalue weighted by atomic mass is 35.5. The Balaban J connectivity index is 1.78. The minimum Gasteiger partial charge on any atom is -0.501 e. The van der Waals surface area contributed by atoms with Crippen LogP contribution in [0.1, 0.15) is 31.7 Å². The average Bonchev–Trinajstić information content (AvgIpc) is 2.25. The van der Waals surface area contributed by atoms with Gasteiger partial charge in [0, 0.05) is 17.3 Å². The van der Waals surface area contributed by atoms with Crippen molar-refractivity contribution >= 4 is 23.5 Å². The molecule has 1 N–H and O–H groups in total. The van der Waals surface area contributed by atoms with Crippen LogP contribution in [0.2, 0.25) is 5.28 Å². The zero-order valence-electron chi connectivity index (χ0n) is 10.3. The molecular weight excluding hydrogens is 250 g/mol. The quantitative estimate of drug-likeness (QED) is 0.656. The lowest BCUT2D eigenvalue weighted by Crippen LogP contribution is -2.63. The zero-order chi connectivity index (χ0) is 12.6. The maximum absolute atomic E-state index is 5.86. The number of anilines is 1. The van der Waals surface area contributed by atoms with E-state index in [4.69, 9.17) is 16.3 Å². The van der Waals surface area contributed by atoms with Gasteiger partial charge in [0.05, 0.1) is 12.9 Å². The summed E-state index contributed by atoms with van der Waals surface area (Å²) in [5.41, 5.74) is 1.19. The van der Waals surface area contributed by atoms with E-state index in [0.717, 1.165) is 17.3 Å². The van der Waals surface area contributed by atoms with E-state index in [1.807, 2.05) is 13.0 Å². The van der Waals surface area contributed by atoms with E-state index in [1.54, 1.807) is 12.5 Å². The van der Waals surface area contributed by atoms with Gasteiger partial charge in [-0.15, -0.1) is 0 Å². The highest BCUT2D eigenvalue weighted by Gasteiger charge is 2.56. The number of aromatic nitrogens is 2. The molecule has 96 valence electrons. The van der Waals surface area contributed by atoms with Crippen molar-refractivity contribution in [1.82, 2.24) is 9.97 Å². The van der Waals surface area contributed by atoms with Crippen molar-refractivity contribution in [2.45, 2.75) is 31.7 Å². The fraction of sp³-hybridized carbons (Fsp3) is 0.538. The molecule has 0 unspecified atom stereocenters. The predicted octanol–water partition coefficient (Wildman–Crippen LogP) is 3.10. The first-order valence-electron chi connectivity index (χ1n) is 6.30. The number of halogens is 1. The number of ether oxygens (including phenoxy) is 1. The molecule has 4 nitrogen and oxygen atoms in total. The molecule has 1 heterocycles. The molecule has 1 aromatic rings. The normalized spacial score (nSPS) is 28.7. The van der Waals surface area contributed by atoms with Gasteiger partial charge in [-0.25, -0.2) is 9.97 Å². The fourth-order valence-electron chi connectivity index (χ4n) is 2.69. The van der Waals surface area contributed by atoms with Gasteiger partial charge in [-0.2, -0.15) is 0 Å². The van der Waals surface area contributed by atoms with Crippen molar-refractivity contribution in [1.29, 1.82) is 0 Å². The summed E-state index contributed by atoms with van der Waals surface area (Å²) in [6, 6.07) is 0. The van der Waals surface area contributed by atoms with Gasteiger partial charge in [-0.05, 0) is 49.8 Å². The Bertz CT molecular complexity index is 472. The van der Waals surface area contributed by atoms with Crippen molar-refractivity contribution in [3.05, 3.63) is 23.3 Å². The molecule has 0 aliphatic heterocycles. The molecule has 0 aromatic carbocycles. The van der Waals surface area contributed by atoms with E-state index in [9.17, 15) is 0 Å². The molecular formula is C13H16ClN3O. The van der Waals surface area contributed by atoms with Gasteiger partial charge in [0.15, 0.2) is 0 Å². The van der Waals surface area contributed by atoms with Crippen LogP contribution in [0.4, 0.5) is 5.82 Å². The first-order valence-corrected chi connectivity index (χ1v) is 6.67. The first-order chi connectivity index (χ1) is 8.71. The molecule has 3 aliphatic carbocycles. The van der Waals surface area contributed by atoms with Gasteiger partial charge in [-0.1, -0.05) is 0 Å². The van der Waals surface area contributed by atoms with Crippen LogP contribution in [0.5, 0.6) is 0 Å². The van der Waals surface area contributed by atoms with E-state index < -0.39 is 0 Å². The van der Waals surface area contributed by atoms with E-state index in [1.165, 1.54) is 19.3 Å². The van der Waals surface area contributed by atoms with Gasteiger partial charge < -0.3 is 10.1 Å². The van der Waals surface area contributed by atoms with E-state index in [0.29, 0.717) is 6.61 Å². The van der Waals surface area contributed by atoms with Crippen molar-refractivity contribution < 1.29 is 4.74 Å². The predicted molar refractivity (Wildman–Crippen MR) is 71.4 cm³/mol. The lowest BCUT2D eigenvalue weighted by molar-refractivity contribution is 0.00179. The summed E-state index contributed by atoms with van der Waals surface area (Å²) < 4.78 is 5.21. The Morgan fingerprint density at radius 1 is 1.56 bits per heavy atom. The van der Waals surface area contributed by atoms with E-state index >= 15 is 0 Å². The summed E-state index contributed by atoms with van der Waals surface area (Å²) >= 11 is 5.86. The van der Waals surface area contributed by atoms with Crippen LogP contribution in [0.25, 0.3) is 6.08 Å². The lowest BCUT2D eigenvalue weighted by Gasteiger charge is -2.62. The molecule has 3 fully saturated rings. The third kappa shape index (κ3) is 2.05. The third-order valence-electron chi connectivity index (χ3n) is 3.72. The Labute approximate surface area is 111 Å². The lowest BCUT2D eigenvalue weighted by atomic mass is 9.50. The number of hydrogen-bond donors (Lipinski definition) is 1. The maximum Gasteiger partial charge on any atom is 0.224 e. The summed E-state index contributed by atoms with van der Waals surface area (Å²) in [6.07, 6.45) is 9.02. The summed E-state index contributed by atoms with van der Waals surface area (Å²) in [7, 11) is 0. The second kappa shape index (κ2) is 4.43.